The van der Waals surface area contributed by atoms with Crippen LogP contribution in [-0.2, 0) is 21.2 Å². The van der Waals surface area contributed by atoms with Crippen molar-refractivity contribution in [2.45, 2.75) is 44.4 Å². The third kappa shape index (κ3) is 6.81. The van der Waals surface area contributed by atoms with E-state index in [0.29, 0.717) is 36.8 Å². The number of nitro benzene ring substituents is 1. The number of non-ortho nitro benzene ring substituents is 1. The zero-order valence-corrected chi connectivity index (χ0v) is 18.6. The van der Waals surface area contributed by atoms with E-state index in [1.165, 1.54) is 18.2 Å². The molecule has 0 saturated carbocycles. The van der Waals surface area contributed by atoms with Crippen LogP contribution >= 0.6 is 0 Å². The number of nitrogens with one attached hydrogen (secondary N) is 2. The molecule has 2 rings (SSSR count). The minimum absolute atomic E-state index is 0.0766. The fraction of sp³-hybridized carbons (Fsp3) is 0.381. The van der Waals surface area contributed by atoms with Crippen molar-refractivity contribution in [1.29, 1.82) is 0 Å². The zero-order chi connectivity index (χ0) is 23.9. The van der Waals surface area contributed by atoms with Gasteiger partial charge in [-0.1, -0.05) is 24.6 Å². The van der Waals surface area contributed by atoms with Crippen LogP contribution < -0.4 is 10.2 Å². The van der Waals surface area contributed by atoms with Crippen LogP contribution in [0, 0.1) is 35.7 Å². The number of unbranched alkanes of at least 4 members (excludes halogenated alkanes) is 1. The van der Waals surface area contributed by atoms with Crippen molar-refractivity contribution >= 4 is 21.6 Å². The lowest BCUT2D eigenvalue weighted by atomic mass is 9.92. The number of aryl methyl sites for hydroxylation is 2. The molecule has 0 aliphatic carbocycles. The van der Waals surface area contributed by atoms with E-state index in [4.69, 9.17) is 5.21 Å². The zero-order valence-electron chi connectivity index (χ0n) is 17.8. The highest BCUT2D eigenvalue weighted by atomic mass is 32.2. The average Bonchev–Trinajstić information content (AvgIpc) is 2.75. The van der Waals surface area contributed by atoms with Crippen LogP contribution in [0.25, 0.3) is 0 Å². The number of amides is 1. The summed E-state index contributed by atoms with van der Waals surface area (Å²) < 4.78 is 40.9. The molecule has 174 valence electrons. The monoisotopic (exact) mass is 467 g/mol. The number of rotatable bonds is 11. The molecule has 0 heterocycles. The molecule has 2 aromatic carbocycles. The molecule has 1 amide bonds. The third-order valence-electron chi connectivity index (χ3n) is 5.07. The molecule has 1 atom stereocenters. The van der Waals surface area contributed by atoms with E-state index in [1.54, 1.807) is 31.5 Å². The number of nitrogens with zero attached hydrogens (tertiary/aromatic N) is 1. The topological polar surface area (TPSA) is 139 Å². The molecule has 0 aliphatic heterocycles. The number of sulfonamides is 1. The molecule has 0 aliphatic rings. The number of hydrogen-bond donors (Lipinski definition) is 3. The van der Waals surface area contributed by atoms with Crippen molar-refractivity contribution in [2.24, 2.45) is 5.92 Å². The van der Waals surface area contributed by atoms with Gasteiger partial charge in [0.1, 0.15) is 5.82 Å². The van der Waals surface area contributed by atoms with Crippen LogP contribution in [0.1, 0.15) is 36.0 Å². The van der Waals surface area contributed by atoms with Crippen LogP contribution in [0.4, 0.5) is 10.1 Å². The van der Waals surface area contributed by atoms with E-state index in [0.717, 1.165) is 11.6 Å². The predicted molar refractivity (Wildman–Crippen MR) is 115 cm³/mol. The molecule has 11 heteroatoms. The van der Waals surface area contributed by atoms with E-state index >= 15 is 0 Å². The fourth-order valence-electron chi connectivity index (χ4n) is 3.42. The number of hydroxylamine groups is 1. The van der Waals surface area contributed by atoms with Gasteiger partial charge >= 0.3 is 0 Å². The number of nitro groups is 1. The Morgan fingerprint density at radius 3 is 2.44 bits per heavy atom. The molecule has 0 saturated heterocycles. The molecular formula is C21H26FN3O6S. The standard InChI is InChI=1S/C21H26FN3O6S/c1-14-10-16(11-15(2)20(14)22)12-17(21(26)24-27)6-3-4-9-23-32(30,31)19-8-5-7-18(13-19)25(28)29/h5,7-8,10-11,13,17,23,27H,3-4,6,9,12H2,1-2H3,(H,24,26)/t17-/m0/s1. The Labute approximate surface area is 185 Å². The Morgan fingerprint density at radius 1 is 1.19 bits per heavy atom. The smallest absolute Gasteiger partial charge is 0.270 e. The normalized spacial score (nSPS) is 12.4. The molecule has 0 fully saturated rings. The Morgan fingerprint density at radius 2 is 1.84 bits per heavy atom. The summed E-state index contributed by atoms with van der Waals surface area (Å²) in [6.07, 6.45) is 1.56. The summed E-state index contributed by atoms with van der Waals surface area (Å²) in [5.74, 6) is -1.44. The second-order valence-corrected chi connectivity index (χ2v) is 9.34. The molecule has 0 spiro atoms. The highest BCUT2D eigenvalue weighted by Gasteiger charge is 2.20. The summed E-state index contributed by atoms with van der Waals surface area (Å²) in [5.41, 5.74) is 3.03. The quantitative estimate of drug-likeness (QED) is 0.201. The van der Waals surface area contributed by atoms with Crippen molar-refractivity contribution in [2.75, 3.05) is 6.54 Å². The summed E-state index contributed by atoms with van der Waals surface area (Å²) in [6, 6.07) is 8.07. The van der Waals surface area contributed by atoms with Crippen molar-refractivity contribution < 1.29 is 27.7 Å². The first kappa shape index (κ1) is 25.4. The number of carbonyl (C=O) groups excluding carboxylic acids is 1. The van der Waals surface area contributed by atoms with E-state index in [-0.39, 0.29) is 22.9 Å². The minimum atomic E-state index is -3.91. The highest BCUT2D eigenvalue weighted by molar-refractivity contribution is 7.89. The summed E-state index contributed by atoms with van der Waals surface area (Å²) in [5, 5.41) is 19.9. The SMILES string of the molecule is Cc1cc(C[C@H](CCCCNS(=O)(=O)c2cccc([N+](=O)[O-])c2)C(=O)NO)cc(C)c1F. The molecule has 2 aromatic rings. The van der Waals surface area contributed by atoms with Crippen molar-refractivity contribution in [3.05, 3.63) is 69.0 Å². The van der Waals surface area contributed by atoms with Gasteiger partial charge in [-0.05, 0) is 55.9 Å². The van der Waals surface area contributed by atoms with Gasteiger partial charge in [0, 0.05) is 24.6 Å². The maximum absolute atomic E-state index is 13.8. The van der Waals surface area contributed by atoms with Crippen molar-refractivity contribution in [3.8, 4) is 0 Å². The first-order valence-electron chi connectivity index (χ1n) is 9.99. The maximum atomic E-state index is 13.8. The molecular weight excluding hydrogens is 441 g/mol. The van der Waals surface area contributed by atoms with Gasteiger partial charge in [-0.2, -0.15) is 0 Å². The second-order valence-electron chi connectivity index (χ2n) is 7.57. The Kier molecular flexibility index (Phi) is 8.81. The molecule has 0 radical (unpaired) electrons. The van der Waals surface area contributed by atoms with Gasteiger partial charge in [0.05, 0.1) is 9.82 Å². The number of halogens is 1. The van der Waals surface area contributed by atoms with Gasteiger partial charge in [0.25, 0.3) is 5.69 Å². The fourth-order valence-corrected chi connectivity index (χ4v) is 4.54. The first-order chi connectivity index (χ1) is 15.0. The summed E-state index contributed by atoms with van der Waals surface area (Å²) in [6.45, 7) is 3.36. The Bertz CT molecular complexity index is 1070. The van der Waals surface area contributed by atoms with Crippen molar-refractivity contribution in [1.82, 2.24) is 10.2 Å². The van der Waals surface area contributed by atoms with Gasteiger partial charge in [0.15, 0.2) is 0 Å². The van der Waals surface area contributed by atoms with Crippen LogP contribution in [0.5, 0.6) is 0 Å². The largest absolute Gasteiger partial charge is 0.289 e. The number of benzene rings is 2. The molecule has 32 heavy (non-hydrogen) atoms. The van der Waals surface area contributed by atoms with Gasteiger partial charge in [-0.25, -0.2) is 23.0 Å². The molecule has 0 bridgehead atoms. The maximum Gasteiger partial charge on any atom is 0.270 e. The lowest BCUT2D eigenvalue weighted by molar-refractivity contribution is -0.385. The Balaban J connectivity index is 1.92. The third-order valence-corrected chi connectivity index (χ3v) is 6.53. The van der Waals surface area contributed by atoms with Gasteiger partial charge < -0.3 is 0 Å². The first-order valence-corrected chi connectivity index (χ1v) is 11.5. The van der Waals surface area contributed by atoms with Gasteiger partial charge in [-0.3, -0.25) is 20.1 Å². The molecule has 0 unspecified atom stereocenters. The molecule has 0 aromatic heterocycles. The summed E-state index contributed by atoms with van der Waals surface area (Å²) in [4.78, 5) is 22.0. The van der Waals surface area contributed by atoms with Crippen LogP contribution in [0.15, 0.2) is 41.3 Å². The highest BCUT2D eigenvalue weighted by Crippen LogP contribution is 2.21. The lowest BCUT2D eigenvalue weighted by Gasteiger charge is -2.16. The van der Waals surface area contributed by atoms with Crippen LogP contribution in [0.2, 0.25) is 0 Å². The molecule has 3 N–H and O–H groups in total. The predicted octanol–water partition coefficient (Wildman–Crippen LogP) is 3.16. The van der Waals surface area contributed by atoms with Crippen molar-refractivity contribution in [3.63, 3.8) is 0 Å². The molecule has 9 nitrogen and oxygen atoms in total. The second kappa shape index (κ2) is 11.1. The summed E-state index contributed by atoms with van der Waals surface area (Å²) in [7, 11) is -3.91. The van der Waals surface area contributed by atoms with E-state index < -0.39 is 26.8 Å². The Hall–Kier alpha value is -2.89. The minimum Gasteiger partial charge on any atom is -0.289 e. The average molecular weight is 468 g/mol. The lowest BCUT2D eigenvalue weighted by Crippen LogP contribution is -2.30. The number of carbonyl (C=O) groups is 1. The number of hydrogen-bond acceptors (Lipinski definition) is 6. The van der Waals surface area contributed by atoms with Crippen LogP contribution in [0.3, 0.4) is 0 Å². The van der Waals surface area contributed by atoms with Crippen LogP contribution in [-0.4, -0.2) is 31.0 Å². The summed E-state index contributed by atoms with van der Waals surface area (Å²) >= 11 is 0. The van der Waals surface area contributed by atoms with Gasteiger partial charge in [-0.15, -0.1) is 0 Å². The van der Waals surface area contributed by atoms with E-state index in [9.17, 15) is 27.7 Å². The van der Waals surface area contributed by atoms with E-state index in [1.807, 2.05) is 0 Å². The van der Waals surface area contributed by atoms with Gasteiger partial charge in [0.2, 0.25) is 15.9 Å². The van der Waals surface area contributed by atoms with E-state index in [2.05, 4.69) is 4.72 Å².